The van der Waals surface area contributed by atoms with Crippen LogP contribution in [-0.2, 0) is 20.6 Å². The summed E-state index contributed by atoms with van der Waals surface area (Å²) in [6.45, 7) is 0. The van der Waals surface area contributed by atoms with Gasteiger partial charge in [-0.3, -0.25) is 4.79 Å². The first-order chi connectivity index (χ1) is 11.4. The minimum absolute atomic E-state index is 0.229. The molecule has 1 saturated carbocycles. The van der Waals surface area contributed by atoms with Gasteiger partial charge in [-0.25, -0.2) is 17.1 Å². The summed E-state index contributed by atoms with van der Waals surface area (Å²) in [5.74, 6) is -1.77. The molecule has 0 N–H and O–H groups in total. The summed E-state index contributed by atoms with van der Waals surface area (Å²) in [6.07, 6.45) is 0.477. The maximum atomic E-state index is 13.8. The molecule has 0 heterocycles. The van der Waals surface area contributed by atoms with E-state index < -0.39 is 21.8 Å². The van der Waals surface area contributed by atoms with Gasteiger partial charge in [0.1, 0.15) is 5.82 Å². The number of benzene rings is 2. The molecule has 0 unspecified atom stereocenters. The topological polar surface area (TPSA) is 54.5 Å². The van der Waals surface area contributed by atoms with Gasteiger partial charge in [-0.05, 0) is 29.5 Å². The molecule has 126 valence electrons. The molecule has 4 nitrogen and oxygen atoms in total. The van der Waals surface area contributed by atoms with E-state index in [1.165, 1.54) is 13.1 Å². The lowest BCUT2D eigenvalue weighted by Crippen LogP contribution is -2.35. The molecular weight excluding hydrogens is 329 g/mol. The van der Waals surface area contributed by atoms with Gasteiger partial charge >= 0.3 is 0 Å². The van der Waals surface area contributed by atoms with E-state index in [4.69, 9.17) is 0 Å². The van der Waals surface area contributed by atoms with Crippen LogP contribution >= 0.6 is 0 Å². The maximum absolute atomic E-state index is 13.8. The predicted octanol–water partition coefficient (Wildman–Crippen LogP) is 2.92. The zero-order valence-electron chi connectivity index (χ0n) is 13.2. The fourth-order valence-corrected chi connectivity index (χ4v) is 4.06. The van der Waals surface area contributed by atoms with Gasteiger partial charge < -0.3 is 0 Å². The van der Waals surface area contributed by atoms with Gasteiger partial charge in [0.2, 0.25) is 15.9 Å². The van der Waals surface area contributed by atoms with Crippen LogP contribution in [0.15, 0.2) is 54.6 Å². The monoisotopic (exact) mass is 347 g/mol. The third-order valence-electron chi connectivity index (χ3n) is 4.33. The van der Waals surface area contributed by atoms with Crippen molar-refractivity contribution in [2.24, 2.45) is 5.92 Å². The Hall–Kier alpha value is -2.21. The van der Waals surface area contributed by atoms with Crippen LogP contribution in [0.5, 0.6) is 0 Å². The average molecular weight is 347 g/mol. The summed E-state index contributed by atoms with van der Waals surface area (Å²) in [6, 6.07) is 15.0. The van der Waals surface area contributed by atoms with Crippen molar-refractivity contribution in [2.45, 2.75) is 18.1 Å². The quantitative estimate of drug-likeness (QED) is 0.836. The molecule has 1 amide bonds. The van der Waals surface area contributed by atoms with E-state index in [0.717, 1.165) is 4.31 Å². The number of amides is 1. The van der Waals surface area contributed by atoms with Gasteiger partial charge in [0.05, 0.1) is 5.75 Å². The molecule has 0 spiro atoms. The van der Waals surface area contributed by atoms with Gasteiger partial charge in [0.25, 0.3) is 0 Å². The van der Waals surface area contributed by atoms with Crippen molar-refractivity contribution in [3.05, 3.63) is 71.5 Å². The first-order valence-electron chi connectivity index (χ1n) is 7.69. The number of hydrogen-bond donors (Lipinski definition) is 0. The highest BCUT2D eigenvalue weighted by atomic mass is 32.2. The molecule has 24 heavy (non-hydrogen) atoms. The number of rotatable bonds is 5. The van der Waals surface area contributed by atoms with Crippen molar-refractivity contribution in [3.63, 3.8) is 0 Å². The van der Waals surface area contributed by atoms with Crippen LogP contribution in [-0.4, -0.2) is 25.7 Å². The fraction of sp³-hybridized carbons (Fsp3) is 0.278. The molecule has 0 aliphatic heterocycles. The van der Waals surface area contributed by atoms with E-state index in [1.807, 2.05) is 0 Å². The molecule has 0 radical (unpaired) electrons. The van der Waals surface area contributed by atoms with Crippen molar-refractivity contribution in [1.29, 1.82) is 0 Å². The Balaban J connectivity index is 1.71. The summed E-state index contributed by atoms with van der Waals surface area (Å²) in [4.78, 5) is 12.5. The Kier molecular flexibility index (Phi) is 4.41. The van der Waals surface area contributed by atoms with E-state index in [1.54, 1.807) is 48.5 Å². The largest absolute Gasteiger partial charge is 0.273 e. The van der Waals surface area contributed by atoms with Crippen LogP contribution in [0, 0.1) is 11.7 Å². The SMILES string of the molecule is CN(C(=O)[C@H]1C[C@H]1c1ccccc1F)S(=O)(=O)Cc1ccccc1. The Bertz CT molecular complexity index is 852. The first-order valence-corrected chi connectivity index (χ1v) is 9.30. The Morgan fingerprint density at radius 1 is 1.12 bits per heavy atom. The molecule has 1 aliphatic carbocycles. The molecule has 1 aliphatic rings. The molecule has 2 aromatic rings. The molecule has 0 bridgehead atoms. The van der Waals surface area contributed by atoms with E-state index in [9.17, 15) is 17.6 Å². The number of halogens is 1. The van der Waals surface area contributed by atoms with Crippen molar-refractivity contribution < 1.29 is 17.6 Å². The van der Waals surface area contributed by atoms with E-state index in [-0.39, 0.29) is 17.5 Å². The van der Waals surface area contributed by atoms with E-state index in [0.29, 0.717) is 17.5 Å². The fourth-order valence-electron chi connectivity index (χ4n) is 2.84. The Labute approximate surface area is 141 Å². The number of carbonyl (C=O) groups is 1. The lowest BCUT2D eigenvalue weighted by atomic mass is 10.1. The van der Waals surface area contributed by atoms with Crippen molar-refractivity contribution in [3.8, 4) is 0 Å². The van der Waals surface area contributed by atoms with Gasteiger partial charge in [-0.15, -0.1) is 0 Å². The minimum atomic E-state index is -3.74. The van der Waals surface area contributed by atoms with Crippen LogP contribution in [0.1, 0.15) is 23.5 Å². The molecule has 2 atom stereocenters. The maximum Gasteiger partial charge on any atom is 0.241 e. The summed E-state index contributed by atoms with van der Waals surface area (Å²) >= 11 is 0. The van der Waals surface area contributed by atoms with Crippen molar-refractivity contribution in [1.82, 2.24) is 4.31 Å². The van der Waals surface area contributed by atoms with Crippen molar-refractivity contribution >= 4 is 15.9 Å². The highest BCUT2D eigenvalue weighted by Crippen LogP contribution is 2.49. The summed E-state index contributed by atoms with van der Waals surface area (Å²) in [5.41, 5.74) is 1.10. The number of nitrogens with zero attached hydrogens (tertiary/aromatic N) is 1. The Morgan fingerprint density at radius 3 is 2.42 bits per heavy atom. The molecule has 3 rings (SSSR count). The van der Waals surface area contributed by atoms with Crippen LogP contribution in [0.3, 0.4) is 0 Å². The van der Waals surface area contributed by atoms with Crippen LogP contribution in [0.25, 0.3) is 0 Å². The zero-order chi connectivity index (χ0) is 17.3. The van der Waals surface area contributed by atoms with Gasteiger partial charge in [0.15, 0.2) is 0 Å². The third-order valence-corrected chi connectivity index (χ3v) is 6.04. The predicted molar refractivity (Wildman–Crippen MR) is 89.1 cm³/mol. The molecule has 2 aromatic carbocycles. The molecule has 0 saturated heterocycles. The van der Waals surface area contributed by atoms with Crippen LogP contribution in [0.4, 0.5) is 4.39 Å². The van der Waals surface area contributed by atoms with E-state index >= 15 is 0 Å². The first kappa shape index (κ1) is 16.6. The number of carbonyl (C=O) groups excluding carboxylic acids is 1. The molecule has 6 heteroatoms. The summed E-state index contributed by atoms with van der Waals surface area (Å²) in [5, 5.41) is 0. The Morgan fingerprint density at radius 2 is 1.75 bits per heavy atom. The number of hydrogen-bond acceptors (Lipinski definition) is 3. The van der Waals surface area contributed by atoms with Crippen LogP contribution < -0.4 is 0 Å². The molecule has 1 fully saturated rings. The average Bonchev–Trinajstić information content (AvgIpc) is 3.35. The van der Waals surface area contributed by atoms with Crippen molar-refractivity contribution in [2.75, 3.05) is 7.05 Å². The normalized spacial score (nSPS) is 19.8. The molecular formula is C18H18FNO3S. The highest BCUT2D eigenvalue weighted by Gasteiger charge is 2.48. The minimum Gasteiger partial charge on any atom is -0.273 e. The van der Waals surface area contributed by atoms with E-state index in [2.05, 4.69) is 0 Å². The second-order valence-corrected chi connectivity index (χ2v) is 8.02. The van der Waals surface area contributed by atoms with Gasteiger partial charge in [-0.2, -0.15) is 0 Å². The summed E-state index contributed by atoms with van der Waals surface area (Å²) < 4.78 is 39.4. The second kappa shape index (κ2) is 6.36. The van der Waals surface area contributed by atoms with Gasteiger partial charge in [0, 0.05) is 13.0 Å². The van der Waals surface area contributed by atoms with Gasteiger partial charge in [-0.1, -0.05) is 48.5 Å². The highest BCUT2D eigenvalue weighted by molar-refractivity contribution is 7.88. The smallest absolute Gasteiger partial charge is 0.241 e. The summed E-state index contributed by atoms with van der Waals surface area (Å²) in [7, 11) is -2.47. The third kappa shape index (κ3) is 3.33. The second-order valence-electron chi connectivity index (χ2n) is 6.02. The lowest BCUT2D eigenvalue weighted by molar-refractivity contribution is -0.127. The zero-order valence-corrected chi connectivity index (χ0v) is 14.0. The number of sulfonamides is 1. The standard InChI is InChI=1S/C18H18FNO3S/c1-20(24(22,23)12-13-7-3-2-4-8-13)18(21)16-11-15(16)14-9-5-6-10-17(14)19/h2-10,15-16H,11-12H2,1H3/t15-,16-/m0/s1. The van der Waals surface area contributed by atoms with Crippen LogP contribution in [0.2, 0.25) is 0 Å². The molecule has 0 aromatic heterocycles. The lowest BCUT2D eigenvalue weighted by Gasteiger charge is -2.18.